The van der Waals surface area contributed by atoms with E-state index in [0.29, 0.717) is 16.1 Å². The Kier molecular flexibility index (Phi) is 3.57. The number of rotatable bonds is 3. The molecule has 102 valence electrons. The number of benzene rings is 2. The summed E-state index contributed by atoms with van der Waals surface area (Å²) in [6.07, 6.45) is 0.870. The Morgan fingerprint density at radius 3 is 2.65 bits per heavy atom. The minimum Gasteiger partial charge on any atom is -0.325 e. The fourth-order valence-corrected chi connectivity index (χ4v) is 2.82. The summed E-state index contributed by atoms with van der Waals surface area (Å²) in [6.45, 7) is 0. The van der Waals surface area contributed by atoms with Crippen molar-refractivity contribution in [1.29, 1.82) is 0 Å². The van der Waals surface area contributed by atoms with E-state index in [-0.39, 0.29) is 17.6 Å². The maximum Gasteiger partial charge on any atom is 0.228 e. The first kappa shape index (κ1) is 13.3. The molecule has 1 saturated carbocycles. The topological polar surface area (TPSA) is 29.1 Å². The quantitative estimate of drug-likeness (QED) is 0.889. The fraction of sp³-hybridized carbons (Fsp3) is 0.188. The molecule has 1 fully saturated rings. The Labute approximate surface area is 125 Å². The molecule has 2 nitrogen and oxygen atoms in total. The maximum atomic E-state index is 13.0. The van der Waals surface area contributed by atoms with Crippen LogP contribution < -0.4 is 5.32 Å². The average molecular weight is 334 g/mol. The number of hydrogen-bond acceptors (Lipinski definition) is 1. The summed E-state index contributed by atoms with van der Waals surface area (Å²) in [4.78, 5) is 12.2. The number of carbonyl (C=O) groups is 1. The molecule has 1 aliphatic carbocycles. The highest BCUT2D eigenvalue weighted by molar-refractivity contribution is 9.10. The third-order valence-electron chi connectivity index (χ3n) is 3.54. The van der Waals surface area contributed by atoms with Crippen LogP contribution in [0.1, 0.15) is 17.9 Å². The second-order valence-corrected chi connectivity index (χ2v) is 5.83. The lowest BCUT2D eigenvalue weighted by atomic mass is 10.1. The van der Waals surface area contributed by atoms with E-state index in [4.69, 9.17) is 0 Å². The number of nitrogens with one attached hydrogen (secondary N) is 1. The van der Waals surface area contributed by atoms with Crippen molar-refractivity contribution in [1.82, 2.24) is 0 Å². The molecular formula is C16H13BrFNO. The number of hydrogen-bond donors (Lipinski definition) is 1. The third-order valence-corrected chi connectivity index (χ3v) is 4.20. The molecule has 3 rings (SSSR count). The first-order valence-electron chi connectivity index (χ1n) is 6.46. The van der Waals surface area contributed by atoms with Crippen molar-refractivity contribution in [2.75, 3.05) is 5.32 Å². The van der Waals surface area contributed by atoms with Gasteiger partial charge < -0.3 is 5.32 Å². The van der Waals surface area contributed by atoms with Crippen LogP contribution in [-0.4, -0.2) is 5.91 Å². The molecule has 1 aliphatic rings. The molecule has 2 aromatic carbocycles. The molecular weight excluding hydrogens is 321 g/mol. The van der Waals surface area contributed by atoms with Gasteiger partial charge in [0.05, 0.1) is 5.69 Å². The predicted octanol–water partition coefficient (Wildman–Crippen LogP) is 4.33. The Hall–Kier alpha value is -1.68. The van der Waals surface area contributed by atoms with Gasteiger partial charge in [-0.05, 0) is 52.0 Å². The lowest BCUT2D eigenvalue weighted by Gasteiger charge is -2.07. The molecule has 0 bridgehead atoms. The highest BCUT2D eigenvalue weighted by Crippen LogP contribution is 2.48. The number of anilines is 1. The van der Waals surface area contributed by atoms with Crippen molar-refractivity contribution in [3.05, 3.63) is 64.4 Å². The van der Waals surface area contributed by atoms with Gasteiger partial charge in [-0.1, -0.05) is 30.3 Å². The zero-order valence-electron chi connectivity index (χ0n) is 10.6. The minimum absolute atomic E-state index is 0.00818. The normalized spacial score (nSPS) is 20.5. The van der Waals surface area contributed by atoms with Crippen LogP contribution in [0.3, 0.4) is 0 Å². The first-order chi connectivity index (χ1) is 9.65. The van der Waals surface area contributed by atoms with Gasteiger partial charge in [0.25, 0.3) is 0 Å². The number of halogens is 2. The van der Waals surface area contributed by atoms with Crippen molar-refractivity contribution >= 4 is 27.5 Å². The van der Waals surface area contributed by atoms with E-state index in [1.807, 2.05) is 30.3 Å². The maximum absolute atomic E-state index is 13.0. The molecule has 0 aliphatic heterocycles. The van der Waals surface area contributed by atoms with Crippen LogP contribution in [0.5, 0.6) is 0 Å². The van der Waals surface area contributed by atoms with Crippen LogP contribution in [0.4, 0.5) is 10.1 Å². The molecule has 4 heteroatoms. The fourth-order valence-electron chi connectivity index (χ4n) is 2.37. The van der Waals surface area contributed by atoms with E-state index in [0.717, 1.165) is 6.42 Å². The van der Waals surface area contributed by atoms with Crippen molar-refractivity contribution in [3.8, 4) is 0 Å². The van der Waals surface area contributed by atoms with Crippen LogP contribution >= 0.6 is 15.9 Å². The Morgan fingerprint density at radius 1 is 1.20 bits per heavy atom. The average Bonchev–Trinajstić information content (AvgIpc) is 3.23. The van der Waals surface area contributed by atoms with E-state index >= 15 is 0 Å². The summed E-state index contributed by atoms with van der Waals surface area (Å²) in [7, 11) is 0. The highest BCUT2D eigenvalue weighted by Gasteiger charge is 2.43. The molecule has 0 aromatic heterocycles. The number of amides is 1. The van der Waals surface area contributed by atoms with E-state index in [2.05, 4.69) is 21.2 Å². The number of carbonyl (C=O) groups excluding carboxylic acids is 1. The molecule has 2 atom stereocenters. The van der Waals surface area contributed by atoms with E-state index < -0.39 is 0 Å². The molecule has 2 aromatic rings. The summed E-state index contributed by atoms with van der Waals surface area (Å²) in [5.41, 5.74) is 1.81. The van der Waals surface area contributed by atoms with Gasteiger partial charge in [-0.2, -0.15) is 0 Å². The van der Waals surface area contributed by atoms with Crippen molar-refractivity contribution < 1.29 is 9.18 Å². The standard InChI is InChI=1S/C16H13BrFNO/c17-14-8-11(18)6-7-15(14)19-16(20)13-9-12(13)10-4-2-1-3-5-10/h1-8,12-13H,9H2,(H,19,20). The second-order valence-electron chi connectivity index (χ2n) is 4.97. The van der Waals surface area contributed by atoms with Crippen molar-refractivity contribution in [2.45, 2.75) is 12.3 Å². The summed E-state index contributed by atoms with van der Waals surface area (Å²) >= 11 is 3.25. The van der Waals surface area contributed by atoms with Gasteiger partial charge in [-0.15, -0.1) is 0 Å². The molecule has 1 amide bonds. The summed E-state index contributed by atoms with van der Waals surface area (Å²) in [6, 6.07) is 14.3. The SMILES string of the molecule is O=C(Nc1ccc(F)cc1Br)C1CC1c1ccccc1. The summed E-state index contributed by atoms with van der Waals surface area (Å²) in [5.74, 6) is -0.0283. The van der Waals surface area contributed by atoms with Crippen molar-refractivity contribution in [2.24, 2.45) is 5.92 Å². The van der Waals surface area contributed by atoms with Crippen molar-refractivity contribution in [3.63, 3.8) is 0 Å². The Balaban J connectivity index is 1.67. The molecule has 0 spiro atoms. The summed E-state index contributed by atoms with van der Waals surface area (Å²) < 4.78 is 13.6. The monoisotopic (exact) mass is 333 g/mol. The van der Waals surface area contributed by atoms with Crippen LogP contribution in [0.15, 0.2) is 53.0 Å². The second kappa shape index (κ2) is 5.37. The van der Waals surface area contributed by atoms with Gasteiger partial charge in [0, 0.05) is 10.4 Å². The molecule has 0 saturated heterocycles. The molecule has 20 heavy (non-hydrogen) atoms. The molecule has 0 radical (unpaired) electrons. The molecule has 1 N–H and O–H groups in total. The van der Waals surface area contributed by atoms with E-state index in [1.165, 1.54) is 17.7 Å². The van der Waals surface area contributed by atoms with E-state index in [9.17, 15) is 9.18 Å². The predicted molar refractivity (Wildman–Crippen MR) is 80.0 cm³/mol. The third kappa shape index (κ3) is 2.75. The van der Waals surface area contributed by atoms with Crippen LogP contribution in [0.2, 0.25) is 0 Å². The zero-order valence-corrected chi connectivity index (χ0v) is 12.2. The molecule has 2 unspecified atom stereocenters. The highest BCUT2D eigenvalue weighted by atomic mass is 79.9. The van der Waals surface area contributed by atoms with E-state index in [1.54, 1.807) is 6.07 Å². The van der Waals surface area contributed by atoms with Gasteiger partial charge >= 0.3 is 0 Å². The largest absolute Gasteiger partial charge is 0.325 e. The van der Waals surface area contributed by atoms with Gasteiger partial charge in [-0.25, -0.2) is 4.39 Å². The molecule has 0 heterocycles. The van der Waals surface area contributed by atoms with Gasteiger partial charge in [0.2, 0.25) is 5.91 Å². The Bertz CT molecular complexity index is 644. The van der Waals surface area contributed by atoms with Crippen LogP contribution in [0, 0.1) is 11.7 Å². The lowest BCUT2D eigenvalue weighted by molar-refractivity contribution is -0.117. The Morgan fingerprint density at radius 2 is 1.95 bits per heavy atom. The lowest BCUT2D eigenvalue weighted by Crippen LogP contribution is -2.15. The van der Waals surface area contributed by atoms with Crippen LogP contribution in [0.25, 0.3) is 0 Å². The van der Waals surface area contributed by atoms with Gasteiger partial charge in [0.15, 0.2) is 0 Å². The first-order valence-corrected chi connectivity index (χ1v) is 7.25. The van der Waals surface area contributed by atoms with Gasteiger partial charge in [-0.3, -0.25) is 4.79 Å². The zero-order chi connectivity index (χ0) is 14.1. The van der Waals surface area contributed by atoms with Gasteiger partial charge in [0.1, 0.15) is 5.82 Å². The minimum atomic E-state index is -0.330. The van der Waals surface area contributed by atoms with Crippen LogP contribution in [-0.2, 0) is 4.79 Å². The smallest absolute Gasteiger partial charge is 0.228 e. The summed E-state index contributed by atoms with van der Waals surface area (Å²) in [5, 5.41) is 2.85.